The van der Waals surface area contributed by atoms with Crippen LogP contribution in [-0.2, 0) is 11.2 Å². The molecule has 2 N–H and O–H groups in total. The first-order valence-corrected chi connectivity index (χ1v) is 10.8. The molecule has 0 spiro atoms. The van der Waals surface area contributed by atoms with E-state index in [0.29, 0.717) is 17.9 Å². The van der Waals surface area contributed by atoms with Gasteiger partial charge in [0.05, 0.1) is 6.20 Å². The Morgan fingerprint density at radius 2 is 1.94 bits per heavy atom. The molecule has 1 aliphatic carbocycles. The van der Waals surface area contributed by atoms with Crippen molar-refractivity contribution in [3.8, 4) is 11.6 Å². The van der Waals surface area contributed by atoms with Gasteiger partial charge in [0.15, 0.2) is 0 Å². The number of rotatable bonds is 6. The Morgan fingerprint density at radius 3 is 2.67 bits per heavy atom. The molecule has 0 bridgehead atoms. The number of aromatic nitrogens is 2. The molecule has 2 heterocycles. The van der Waals surface area contributed by atoms with Gasteiger partial charge in [0.1, 0.15) is 5.75 Å². The van der Waals surface area contributed by atoms with Gasteiger partial charge in [0.25, 0.3) is 11.8 Å². The number of amides is 2. The fraction of sp³-hybridized carbons (Fsp3) is 0.250. The lowest BCUT2D eigenvalue weighted by molar-refractivity contribution is -0.116. The molecule has 2 aliphatic rings. The van der Waals surface area contributed by atoms with Crippen LogP contribution in [0.5, 0.6) is 11.6 Å². The van der Waals surface area contributed by atoms with Crippen LogP contribution in [0.15, 0.2) is 48.7 Å². The van der Waals surface area contributed by atoms with E-state index in [1.165, 1.54) is 0 Å². The van der Waals surface area contributed by atoms with Crippen LogP contribution >= 0.6 is 0 Å². The van der Waals surface area contributed by atoms with Crippen LogP contribution in [-0.4, -0.2) is 34.4 Å². The number of nitrogens with one attached hydrogen (secondary N) is 2. The number of nitrogens with zero attached hydrogens (tertiary/aromatic N) is 3. The van der Waals surface area contributed by atoms with Crippen LogP contribution in [0.25, 0.3) is 0 Å². The molecule has 33 heavy (non-hydrogen) atoms. The summed E-state index contributed by atoms with van der Waals surface area (Å²) in [6, 6.07) is 12.3. The number of carbonyl (C=O) groups excluding carboxylic acids is 2. The van der Waals surface area contributed by atoms with Gasteiger partial charge in [-0.1, -0.05) is 0 Å². The first kappa shape index (κ1) is 20.9. The maximum absolute atomic E-state index is 14.3. The fourth-order valence-corrected chi connectivity index (χ4v) is 3.70. The van der Waals surface area contributed by atoms with E-state index in [1.807, 2.05) is 18.2 Å². The molecule has 168 valence electrons. The van der Waals surface area contributed by atoms with E-state index in [4.69, 9.17) is 4.74 Å². The van der Waals surface area contributed by atoms with E-state index in [0.717, 1.165) is 42.4 Å². The van der Waals surface area contributed by atoms with Crippen LogP contribution in [0, 0.1) is 5.82 Å². The molecule has 0 radical (unpaired) electrons. The van der Waals surface area contributed by atoms with Gasteiger partial charge in [0, 0.05) is 36.4 Å². The molecule has 0 atom stereocenters. The van der Waals surface area contributed by atoms with Crippen LogP contribution < -0.4 is 20.3 Å². The average Bonchev–Trinajstić information content (AvgIpc) is 3.51. The Balaban J connectivity index is 1.28. The Hall–Kier alpha value is -4.01. The smallest absolute Gasteiger partial charge is 0.260 e. The Bertz CT molecular complexity index is 1230. The number of halogens is 1. The highest BCUT2D eigenvalue weighted by Gasteiger charge is 2.24. The Kier molecular flexibility index (Phi) is 5.37. The molecule has 8 nitrogen and oxygen atoms in total. The summed E-state index contributed by atoms with van der Waals surface area (Å²) in [6.07, 6.45) is 3.82. The minimum atomic E-state index is -0.706. The van der Waals surface area contributed by atoms with E-state index in [1.54, 1.807) is 36.1 Å². The zero-order valence-electron chi connectivity index (χ0n) is 18.0. The van der Waals surface area contributed by atoms with E-state index in [2.05, 4.69) is 20.6 Å². The predicted molar refractivity (Wildman–Crippen MR) is 120 cm³/mol. The SMILES string of the molecule is CC(=O)N1CCc2cc(Nc3ncc(F)c(Oc4ccc(C(=O)NC5CC5)cc4)n3)ccc21. The van der Waals surface area contributed by atoms with Crippen molar-refractivity contribution in [2.24, 2.45) is 0 Å². The van der Waals surface area contributed by atoms with E-state index >= 15 is 0 Å². The summed E-state index contributed by atoms with van der Waals surface area (Å²) < 4.78 is 19.9. The Labute approximate surface area is 189 Å². The minimum Gasteiger partial charge on any atom is -0.436 e. The molecule has 1 saturated carbocycles. The largest absolute Gasteiger partial charge is 0.436 e. The van der Waals surface area contributed by atoms with Crippen molar-refractivity contribution in [2.45, 2.75) is 32.2 Å². The summed E-state index contributed by atoms with van der Waals surface area (Å²) in [4.78, 5) is 33.7. The second kappa shape index (κ2) is 8.50. The van der Waals surface area contributed by atoms with Gasteiger partial charge in [-0.15, -0.1) is 0 Å². The number of benzene rings is 2. The molecule has 9 heteroatoms. The first-order chi connectivity index (χ1) is 16.0. The third-order valence-corrected chi connectivity index (χ3v) is 5.57. The second-order valence-electron chi connectivity index (χ2n) is 8.11. The zero-order valence-corrected chi connectivity index (χ0v) is 18.0. The quantitative estimate of drug-likeness (QED) is 0.594. The van der Waals surface area contributed by atoms with Gasteiger partial charge in [-0.3, -0.25) is 9.59 Å². The number of fused-ring (bicyclic) bond motifs is 1. The van der Waals surface area contributed by atoms with Crippen molar-refractivity contribution in [3.05, 3.63) is 65.6 Å². The summed E-state index contributed by atoms with van der Waals surface area (Å²) in [5.74, 6) is -0.537. The first-order valence-electron chi connectivity index (χ1n) is 10.8. The highest BCUT2D eigenvalue weighted by atomic mass is 19.1. The van der Waals surface area contributed by atoms with Crippen molar-refractivity contribution in [2.75, 3.05) is 16.8 Å². The molecule has 0 unspecified atom stereocenters. The van der Waals surface area contributed by atoms with Gasteiger partial charge < -0.3 is 20.3 Å². The van der Waals surface area contributed by atoms with Gasteiger partial charge >= 0.3 is 0 Å². The van der Waals surface area contributed by atoms with Crippen LogP contribution in [0.1, 0.15) is 35.7 Å². The maximum Gasteiger partial charge on any atom is 0.260 e. The summed E-state index contributed by atoms with van der Waals surface area (Å²) in [5, 5.41) is 5.97. The van der Waals surface area contributed by atoms with Gasteiger partial charge in [-0.2, -0.15) is 9.37 Å². The van der Waals surface area contributed by atoms with E-state index in [-0.39, 0.29) is 29.7 Å². The maximum atomic E-state index is 14.3. The molecule has 0 saturated heterocycles. The lowest BCUT2D eigenvalue weighted by atomic mass is 10.1. The van der Waals surface area contributed by atoms with Gasteiger partial charge in [-0.05, 0) is 67.3 Å². The van der Waals surface area contributed by atoms with Crippen molar-refractivity contribution >= 4 is 29.1 Å². The highest BCUT2D eigenvalue weighted by Crippen LogP contribution is 2.31. The molecule has 5 rings (SSSR count). The lowest BCUT2D eigenvalue weighted by Gasteiger charge is -2.15. The molecule has 2 amide bonds. The van der Waals surface area contributed by atoms with Gasteiger partial charge in [-0.25, -0.2) is 4.98 Å². The summed E-state index contributed by atoms with van der Waals surface area (Å²) in [5.41, 5.74) is 3.17. The normalized spacial score (nSPS) is 14.5. The molecule has 2 aromatic carbocycles. The molecule has 1 aliphatic heterocycles. The fourth-order valence-electron chi connectivity index (χ4n) is 3.70. The number of carbonyl (C=O) groups is 2. The van der Waals surface area contributed by atoms with Gasteiger partial charge in [0.2, 0.25) is 17.7 Å². The zero-order chi connectivity index (χ0) is 22.9. The summed E-state index contributed by atoms with van der Waals surface area (Å²) in [7, 11) is 0. The van der Waals surface area contributed by atoms with Crippen molar-refractivity contribution in [1.29, 1.82) is 0 Å². The third kappa shape index (κ3) is 4.62. The minimum absolute atomic E-state index is 0.00897. The summed E-state index contributed by atoms with van der Waals surface area (Å²) >= 11 is 0. The number of anilines is 3. The third-order valence-electron chi connectivity index (χ3n) is 5.57. The number of hydrogen-bond acceptors (Lipinski definition) is 6. The predicted octanol–water partition coefficient (Wildman–Crippen LogP) is 3.95. The van der Waals surface area contributed by atoms with Crippen molar-refractivity contribution < 1.29 is 18.7 Å². The average molecular weight is 447 g/mol. The molecule has 3 aromatic rings. The standard InChI is InChI=1S/C24H22FN5O3/c1-14(31)30-11-10-16-12-18(6-9-21(16)30)28-24-26-13-20(25)23(29-24)33-19-7-2-15(3-8-19)22(32)27-17-4-5-17/h2-3,6-9,12-13,17H,4-5,10-11H2,1H3,(H,27,32)(H,26,28,29). The van der Waals surface area contributed by atoms with E-state index in [9.17, 15) is 14.0 Å². The Morgan fingerprint density at radius 1 is 1.15 bits per heavy atom. The topological polar surface area (TPSA) is 96.5 Å². The van der Waals surface area contributed by atoms with Crippen molar-refractivity contribution in [3.63, 3.8) is 0 Å². The van der Waals surface area contributed by atoms with E-state index < -0.39 is 5.82 Å². The second-order valence-corrected chi connectivity index (χ2v) is 8.11. The molecular formula is C24H22FN5O3. The molecule has 1 aromatic heterocycles. The summed E-state index contributed by atoms with van der Waals surface area (Å²) in [6.45, 7) is 2.20. The molecule has 1 fully saturated rings. The lowest BCUT2D eigenvalue weighted by Crippen LogP contribution is -2.25. The monoisotopic (exact) mass is 447 g/mol. The van der Waals surface area contributed by atoms with Crippen LogP contribution in [0.3, 0.4) is 0 Å². The highest BCUT2D eigenvalue weighted by molar-refractivity contribution is 5.95. The van der Waals surface area contributed by atoms with Crippen LogP contribution in [0.2, 0.25) is 0 Å². The van der Waals surface area contributed by atoms with Crippen LogP contribution in [0.4, 0.5) is 21.7 Å². The number of ether oxygens (including phenoxy) is 1. The van der Waals surface area contributed by atoms with Crippen molar-refractivity contribution in [1.82, 2.24) is 15.3 Å². The number of hydrogen-bond donors (Lipinski definition) is 2. The molecular weight excluding hydrogens is 425 g/mol.